The van der Waals surface area contributed by atoms with Gasteiger partial charge in [0.2, 0.25) is 0 Å². The molecule has 0 saturated heterocycles. The normalized spacial score (nSPS) is 11.8. The number of rotatable bonds is 3. The second-order valence-corrected chi connectivity index (χ2v) is 1.28. The van der Waals surface area contributed by atoms with Gasteiger partial charge in [-0.15, -0.1) is 12.4 Å². The SMILES string of the molecule is Cl.NOC[C@@H](N)C(=O)O. The van der Waals surface area contributed by atoms with Crippen LogP contribution in [0, 0.1) is 0 Å². The summed E-state index contributed by atoms with van der Waals surface area (Å²) < 4.78 is 0. The van der Waals surface area contributed by atoms with E-state index in [9.17, 15) is 4.79 Å². The van der Waals surface area contributed by atoms with E-state index in [0.29, 0.717) is 0 Å². The van der Waals surface area contributed by atoms with Gasteiger partial charge in [-0.05, 0) is 0 Å². The number of hydrogen-bond donors (Lipinski definition) is 3. The quantitative estimate of drug-likeness (QED) is 0.442. The largest absolute Gasteiger partial charge is 0.480 e. The van der Waals surface area contributed by atoms with E-state index in [1.165, 1.54) is 0 Å². The molecule has 5 N–H and O–H groups in total. The van der Waals surface area contributed by atoms with Crippen LogP contribution in [0.15, 0.2) is 0 Å². The Kier molecular flexibility index (Phi) is 7.33. The highest BCUT2D eigenvalue weighted by atomic mass is 35.5. The van der Waals surface area contributed by atoms with Crippen LogP contribution in [0.1, 0.15) is 0 Å². The third kappa shape index (κ3) is 5.51. The maximum Gasteiger partial charge on any atom is 0.322 e. The van der Waals surface area contributed by atoms with Crippen molar-refractivity contribution in [1.29, 1.82) is 0 Å². The van der Waals surface area contributed by atoms with Crippen molar-refractivity contribution in [1.82, 2.24) is 0 Å². The van der Waals surface area contributed by atoms with E-state index >= 15 is 0 Å². The van der Waals surface area contributed by atoms with E-state index < -0.39 is 12.0 Å². The second-order valence-electron chi connectivity index (χ2n) is 1.28. The first kappa shape index (κ1) is 11.4. The molecule has 6 heteroatoms. The fourth-order valence-electron chi connectivity index (χ4n) is 0.175. The Bertz CT molecular complexity index is 89.1. The highest BCUT2D eigenvalue weighted by Crippen LogP contribution is 1.75. The van der Waals surface area contributed by atoms with Crippen LogP contribution in [-0.4, -0.2) is 23.7 Å². The van der Waals surface area contributed by atoms with Crippen molar-refractivity contribution >= 4 is 18.4 Å². The summed E-state index contributed by atoms with van der Waals surface area (Å²) in [6.45, 7) is -0.157. The van der Waals surface area contributed by atoms with E-state index in [2.05, 4.69) is 10.7 Å². The molecule has 1 atom stereocenters. The van der Waals surface area contributed by atoms with Gasteiger partial charge in [-0.1, -0.05) is 0 Å². The first-order valence-electron chi connectivity index (χ1n) is 1.98. The highest BCUT2D eigenvalue weighted by Gasteiger charge is 2.09. The van der Waals surface area contributed by atoms with Crippen molar-refractivity contribution in [2.24, 2.45) is 11.6 Å². The lowest BCUT2D eigenvalue weighted by atomic mass is 10.3. The molecule has 0 aliphatic rings. The van der Waals surface area contributed by atoms with Gasteiger partial charge < -0.3 is 15.7 Å². The average Bonchev–Trinajstić information content (AvgIpc) is 1.67. The van der Waals surface area contributed by atoms with Crippen LogP contribution in [0.25, 0.3) is 0 Å². The lowest BCUT2D eigenvalue weighted by molar-refractivity contribution is -0.140. The Balaban J connectivity index is 0. The number of aliphatic carboxylic acids is 1. The molecule has 56 valence electrons. The molecule has 0 radical (unpaired) electrons. The Morgan fingerprint density at radius 1 is 1.78 bits per heavy atom. The summed E-state index contributed by atoms with van der Waals surface area (Å²) in [5.41, 5.74) is 4.92. The molecule has 0 aliphatic carbocycles. The summed E-state index contributed by atoms with van der Waals surface area (Å²) in [5.74, 6) is 3.41. The van der Waals surface area contributed by atoms with E-state index in [-0.39, 0.29) is 19.0 Å². The van der Waals surface area contributed by atoms with Crippen molar-refractivity contribution in [3.05, 3.63) is 0 Å². The first-order chi connectivity index (χ1) is 3.68. The summed E-state index contributed by atoms with van der Waals surface area (Å²) in [6.07, 6.45) is 0. The molecule has 0 spiro atoms. The summed E-state index contributed by atoms with van der Waals surface area (Å²) in [4.78, 5) is 13.8. The predicted molar refractivity (Wildman–Crippen MR) is 33.0 cm³/mol. The van der Waals surface area contributed by atoms with Gasteiger partial charge in [0.1, 0.15) is 6.04 Å². The second kappa shape index (κ2) is 5.77. The van der Waals surface area contributed by atoms with Gasteiger partial charge in [-0.3, -0.25) is 4.79 Å². The number of hydrogen-bond acceptors (Lipinski definition) is 4. The van der Waals surface area contributed by atoms with Gasteiger partial charge in [-0.25, -0.2) is 5.90 Å². The molecule has 5 nitrogen and oxygen atoms in total. The Hall–Kier alpha value is -0.360. The molecule has 0 unspecified atom stereocenters. The maximum absolute atomic E-state index is 9.83. The summed E-state index contributed by atoms with van der Waals surface area (Å²) in [5, 5.41) is 8.05. The van der Waals surface area contributed by atoms with E-state index in [4.69, 9.17) is 10.8 Å². The molecule has 0 aromatic rings. The van der Waals surface area contributed by atoms with E-state index in [1.807, 2.05) is 0 Å². The lowest BCUT2D eigenvalue weighted by Crippen LogP contribution is -2.35. The third-order valence-corrected chi connectivity index (χ3v) is 0.593. The highest BCUT2D eigenvalue weighted by molar-refractivity contribution is 5.85. The molecule has 9 heavy (non-hydrogen) atoms. The lowest BCUT2D eigenvalue weighted by Gasteiger charge is -2.00. The van der Waals surface area contributed by atoms with Crippen LogP contribution in [0.2, 0.25) is 0 Å². The van der Waals surface area contributed by atoms with Gasteiger partial charge >= 0.3 is 5.97 Å². The molecule has 0 fully saturated rings. The molecule has 0 rings (SSSR count). The molecule has 0 aromatic heterocycles. The predicted octanol–water partition coefficient (Wildman–Crippen LogP) is -1.29. The summed E-state index contributed by atoms with van der Waals surface area (Å²) in [7, 11) is 0. The molecule has 0 saturated carbocycles. The molecule has 0 amide bonds. The minimum atomic E-state index is -1.12. The Morgan fingerprint density at radius 3 is 2.33 bits per heavy atom. The van der Waals surface area contributed by atoms with Crippen LogP contribution in [0.3, 0.4) is 0 Å². The zero-order chi connectivity index (χ0) is 6.57. The fraction of sp³-hybridized carbons (Fsp3) is 0.667. The number of nitrogens with two attached hydrogens (primary N) is 2. The molecule has 0 aliphatic heterocycles. The van der Waals surface area contributed by atoms with Crippen molar-refractivity contribution in [3.63, 3.8) is 0 Å². The van der Waals surface area contributed by atoms with Crippen LogP contribution in [0.4, 0.5) is 0 Å². The Morgan fingerprint density at radius 2 is 2.22 bits per heavy atom. The minimum Gasteiger partial charge on any atom is -0.480 e. The van der Waals surface area contributed by atoms with Gasteiger partial charge in [0, 0.05) is 0 Å². The summed E-state index contributed by atoms with van der Waals surface area (Å²) in [6, 6.07) is -1.01. The van der Waals surface area contributed by atoms with Crippen molar-refractivity contribution in [2.75, 3.05) is 6.61 Å². The van der Waals surface area contributed by atoms with Crippen molar-refractivity contribution in [3.8, 4) is 0 Å². The topological polar surface area (TPSA) is 98.6 Å². The van der Waals surface area contributed by atoms with Crippen LogP contribution < -0.4 is 11.6 Å². The van der Waals surface area contributed by atoms with Crippen LogP contribution in [-0.2, 0) is 9.63 Å². The maximum atomic E-state index is 9.83. The van der Waals surface area contributed by atoms with Gasteiger partial charge in [0.05, 0.1) is 6.61 Å². The number of halogens is 1. The van der Waals surface area contributed by atoms with Gasteiger partial charge in [-0.2, -0.15) is 0 Å². The van der Waals surface area contributed by atoms with Crippen LogP contribution in [0.5, 0.6) is 0 Å². The Labute approximate surface area is 58.3 Å². The zero-order valence-electron chi connectivity index (χ0n) is 4.61. The minimum absolute atomic E-state index is 0. The molecular formula is C3H9ClN2O3. The number of carbonyl (C=O) groups is 1. The first-order valence-corrected chi connectivity index (χ1v) is 1.98. The van der Waals surface area contributed by atoms with E-state index in [0.717, 1.165) is 0 Å². The molecule has 0 bridgehead atoms. The smallest absolute Gasteiger partial charge is 0.322 e. The van der Waals surface area contributed by atoms with Crippen molar-refractivity contribution < 1.29 is 14.7 Å². The zero-order valence-corrected chi connectivity index (χ0v) is 5.43. The van der Waals surface area contributed by atoms with Gasteiger partial charge in [0.25, 0.3) is 0 Å². The van der Waals surface area contributed by atoms with Gasteiger partial charge in [0.15, 0.2) is 0 Å². The average molecular weight is 157 g/mol. The standard InChI is InChI=1S/C3H8N2O3.ClH/c4-2(1-8-5)3(6)7;/h2H,1,4-5H2,(H,6,7);1H/t2-;/m1./s1. The summed E-state index contributed by atoms with van der Waals surface area (Å²) >= 11 is 0. The van der Waals surface area contributed by atoms with Crippen LogP contribution >= 0.6 is 12.4 Å². The molecule has 0 aromatic carbocycles. The van der Waals surface area contributed by atoms with E-state index in [1.54, 1.807) is 0 Å². The fourth-order valence-corrected chi connectivity index (χ4v) is 0.175. The molecule has 0 heterocycles. The monoisotopic (exact) mass is 156 g/mol. The third-order valence-electron chi connectivity index (χ3n) is 0.593. The molecular weight excluding hydrogens is 147 g/mol. The number of carboxylic acids is 1. The van der Waals surface area contributed by atoms with Crippen molar-refractivity contribution in [2.45, 2.75) is 6.04 Å². The number of carboxylic acid groups (broad SMARTS) is 1.